The Kier molecular flexibility index (Phi) is 6.95. The van der Waals surface area contributed by atoms with Crippen LogP contribution in [0.2, 0.25) is 0 Å². The third-order valence-electron chi connectivity index (χ3n) is 2.93. The zero-order valence-electron chi connectivity index (χ0n) is 12.2. The van der Waals surface area contributed by atoms with Crippen molar-refractivity contribution in [2.24, 2.45) is 5.92 Å². The van der Waals surface area contributed by atoms with Crippen LogP contribution in [0.5, 0.6) is 0 Å². The maximum Gasteiger partial charge on any atom is 0.283 e. The second-order valence-electron chi connectivity index (χ2n) is 4.80. The topological polar surface area (TPSA) is 56.1 Å². The van der Waals surface area contributed by atoms with Gasteiger partial charge in [0.05, 0.1) is 31.1 Å². The Morgan fingerprint density at radius 2 is 2.30 bits per heavy atom. The highest BCUT2D eigenvalue weighted by molar-refractivity contribution is 9.10. The van der Waals surface area contributed by atoms with Crippen LogP contribution < -0.4 is 10.9 Å². The number of aromatic nitrogens is 2. The summed E-state index contributed by atoms with van der Waals surface area (Å²) in [7, 11) is 0. The molecule has 0 aromatic carbocycles. The average molecular weight is 344 g/mol. The number of ether oxygens (including phenoxy) is 1. The van der Waals surface area contributed by atoms with Crippen molar-refractivity contribution in [1.82, 2.24) is 9.78 Å². The number of rotatable bonds is 8. The van der Waals surface area contributed by atoms with E-state index >= 15 is 0 Å². The van der Waals surface area contributed by atoms with Gasteiger partial charge in [-0.3, -0.25) is 4.79 Å². The van der Waals surface area contributed by atoms with Gasteiger partial charge in [-0.1, -0.05) is 19.9 Å². The number of nitrogens with zero attached hydrogens (tertiary/aromatic N) is 2. The van der Waals surface area contributed by atoms with E-state index in [1.165, 1.54) is 4.68 Å². The van der Waals surface area contributed by atoms with Crippen molar-refractivity contribution in [2.75, 3.05) is 18.5 Å². The summed E-state index contributed by atoms with van der Waals surface area (Å²) in [5, 5.41) is 7.44. The number of hydrogen-bond donors (Lipinski definition) is 1. The Hall–Kier alpha value is -1.14. The Morgan fingerprint density at radius 3 is 2.85 bits per heavy atom. The molecule has 0 fully saturated rings. The van der Waals surface area contributed by atoms with Crippen LogP contribution >= 0.6 is 15.9 Å². The van der Waals surface area contributed by atoms with Crippen molar-refractivity contribution in [2.45, 2.75) is 33.4 Å². The molecule has 0 bridgehead atoms. The van der Waals surface area contributed by atoms with Crippen LogP contribution in [-0.2, 0) is 11.3 Å². The van der Waals surface area contributed by atoms with Gasteiger partial charge in [0.25, 0.3) is 5.56 Å². The van der Waals surface area contributed by atoms with Crippen molar-refractivity contribution in [3.8, 4) is 0 Å². The summed E-state index contributed by atoms with van der Waals surface area (Å²) in [6.45, 7) is 11.4. The van der Waals surface area contributed by atoms with Gasteiger partial charge in [0.2, 0.25) is 0 Å². The molecule has 0 aliphatic rings. The number of allylic oxidation sites excluding steroid dienone is 1. The molecule has 0 amide bonds. The van der Waals surface area contributed by atoms with Crippen molar-refractivity contribution in [3.63, 3.8) is 0 Å². The first-order valence-electron chi connectivity index (χ1n) is 6.72. The van der Waals surface area contributed by atoms with Crippen molar-refractivity contribution < 1.29 is 4.74 Å². The molecule has 0 saturated carbocycles. The highest BCUT2D eigenvalue weighted by Crippen LogP contribution is 2.19. The standard InChI is InChI=1S/C14H22BrN3O2/c1-5-7-18-14(19)13(15)11(8-16-18)17-12(10(3)4)9-20-6-2/h5,8,10,12,17H,1,6-7,9H2,2-4H3. The molecule has 20 heavy (non-hydrogen) atoms. The predicted molar refractivity (Wildman–Crippen MR) is 85.1 cm³/mol. The Labute approximate surface area is 128 Å². The van der Waals surface area contributed by atoms with Gasteiger partial charge in [-0.2, -0.15) is 5.10 Å². The van der Waals surface area contributed by atoms with Gasteiger partial charge < -0.3 is 10.1 Å². The van der Waals surface area contributed by atoms with Gasteiger partial charge in [0.1, 0.15) is 4.47 Å². The lowest BCUT2D eigenvalue weighted by molar-refractivity contribution is 0.127. The van der Waals surface area contributed by atoms with Crippen molar-refractivity contribution in [1.29, 1.82) is 0 Å². The largest absolute Gasteiger partial charge is 0.380 e. The van der Waals surface area contributed by atoms with Gasteiger partial charge >= 0.3 is 0 Å². The SMILES string of the molecule is C=CCn1ncc(NC(COCC)C(C)C)c(Br)c1=O. The summed E-state index contributed by atoms with van der Waals surface area (Å²) in [4.78, 5) is 12.1. The minimum absolute atomic E-state index is 0.128. The maximum atomic E-state index is 12.1. The summed E-state index contributed by atoms with van der Waals surface area (Å²) in [5.74, 6) is 0.379. The Bertz CT molecular complexity index is 500. The summed E-state index contributed by atoms with van der Waals surface area (Å²) < 4.78 is 7.31. The quantitative estimate of drug-likeness (QED) is 0.737. The van der Waals surface area contributed by atoms with Gasteiger partial charge in [-0.05, 0) is 28.8 Å². The van der Waals surface area contributed by atoms with Crippen LogP contribution in [0.1, 0.15) is 20.8 Å². The molecule has 1 unspecified atom stereocenters. The Morgan fingerprint density at radius 1 is 1.60 bits per heavy atom. The van der Waals surface area contributed by atoms with Gasteiger partial charge in [-0.15, -0.1) is 6.58 Å². The molecule has 0 saturated heterocycles. The predicted octanol–water partition coefficient (Wildman–Crippen LogP) is 2.66. The van der Waals surface area contributed by atoms with Crippen LogP contribution in [0.15, 0.2) is 28.1 Å². The molecule has 1 heterocycles. The van der Waals surface area contributed by atoms with E-state index in [-0.39, 0.29) is 11.6 Å². The fraction of sp³-hybridized carbons (Fsp3) is 0.571. The first-order valence-corrected chi connectivity index (χ1v) is 7.51. The van der Waals surface area contributed by atoms with Crippen LogP contribution in [0.4, 0.5) is 5.69 Å². The average Bonchev–Trinajstić information content (AvgIpc) is 2.42. The molecule has 1 aromatic heterocycles. The minimum atomic E-state index is -0.172. The van der Waals surface area contributed by atoms with Crippen LogP contribution in [0.3, 0.4) is 0 Å². The molecular weight excluding hydrogens is 322 g/mol. The van der Waals surface area contributed by atoms with Crippen LogP contribution in [0, 0.1) is 5.92 Å². The molecule has 1 rings (SSSR count). The molecule has 0 aliphatic heterocycles. The highest BCUT2D eigenvalue weighted by atomic mass is 79.9. The second-order valence-corrected chi connectivity index (χ2v) is 5.60. The summed E-state index contributed by atoms with van der Waals surface area (Å²) in [6, 6.07) is 0.128. The molecule has 0 spiro atoms. The van der Waals surface area contributed by atoms with E-state index in [4.69, 9.17) is 4.74 Å². The fourth-order valence-electron chi connectivity index (χ4n) is 1.66. The summed E-state index contributed by atoms with van der Waals surface area (Å²) >= 11 is 3.34. The summed E-state index contributed by atoms with van der Waals surface area (Å²) in [6.07, 6.45) is 3.29. The first-order chi connectivity index (χ1) is 9.51. The number of anilines is 1. The van der Waals surface area contributed by atoms with E-state index in [9.17, 15) is 4.79 Å². The normalized spacial score (nSPS) is 12.4. The van der Waals surface area contributed by atoms with Crippen LogP contribution in [-0.4, -0.2) is 29.0 Å². The number of nitrogens with one attached hydrogen (secondary N) is 1. The summed E-state index contributed by atoms with van der Waals surface area (Å²) in [5.41, 5.74) is 0.516. The van der Waals surface area contributed by atoms with Gasteiger partial charge in [0.15, 0.2) is 0 Å². The lowest BCUT2D eigenvalue weighted by atomic mass is 10.1. The van der Waals surface area contributed by atoms with Crippen molar-refractivity contribution >= 4 is 21.6 Å². The fourth-order valence-corrected chi connectivity index (χ4v) is 2.08. The molecule has 0 radical (unpaired) electrons. The van der Waals surface area contributed by atoms with Gasteiger partial charge in [-0.25, -0.2) is 4.68 Å². The molecule has 112 valence electrons. The lowest BCUT2D eigenvalue weighted by Gasteiger charge is -2.23. The number of hydrogen-bond acceptors (Lipinski definition) is 4. The van der Waals surface area contributed by atoms with Gasteiger partial charge in [0, 0.05) is 6.61 Å². The molecule has 0 aliphatic carbocycles. The third-order valence-corrected chi connectivity index (χ3v) is 3.70. The van der Waals surface area contributed by atoms with Crippen LogP contribution in [0.25, 0.3) is 0 Å². The molecular formula is C14H22BrN3O2. The van der Waals surface area contributed by atoms with E-state index in [2.05, 4.69) is 46.8 Å². The van der Waals surface area contributed by atoms with E-state index in [0.29, 0.717) is 35.8 Å². The van der Waals surface area contributed by atoms with E-state index < -0.39 is 0 Å². The lowest BCUT2D eigenvalue weighted by Crippen LogP contribution is -2.33. The number of halogens is 1. The Balaban J connectivity index is 2.93. The monoisotopic (exact) mass is 343 g/mol. The molecule has 5 nitrogen and oxygen atoms in total. The van der Waals surface area contributed by atoms with E-state index in [0.717, 1.165) is 0 Å². The second kappa shape index (κ2) is 8.21. The van der Waals surface area contributed by atoms with Crippen molar-refractivity contribution in [3.05, 3.63) is 33.7 Å². The van der Waals surface area contributed by atoms with E-state index in [1.807, 2.05) is 6.92 Å². The smallest absolute Gasteiger partial charge is 0.283 e. The minimum Gasteiger partial charge on any atom is -0.380 e. The van der Waals surface area contributed by atoms with E-state index in [1.54, 1.807) is 12.3 Å². The third kappa shape index (κ3) is 4.45. The maximum absolute atomic E-state index is 12.1. The molecule has 1 atom stereocenters. The molecule has 1 N–H and O–H groups in total. The highest BCUT2D eigenvalue weighted by Gasteiger charge is 2.16. The zero-order valence-corrected chi connectivity index (χ0v) is 13.8. The molecule has 1 aromatic rings. The molecule has 6 heteroatoms. The first kappa shape index (κ1) is 16.9. The zero-order chi connectivity index (χ0) is 15.1.